The summed E-state index contributed by atoms with van der Waals surface area (Å²) in [7, 11) is -3.95. The lowest BCUT2D eigenvalue weighted by Crippen LogP contribution is -2.55. The summed E-state index contributed by atoms with van der Waals surface area (Å²) in [6, 6.07) is 3.77. The molecule has 21 heavy (non-hydrogen) atoms. The summed E-state index contributed by atoms with van der Waals surface area (Å²) in [5.74, 6) is -1.33. The average Bonchev–Trinajstić information content (AvgIpc) is 2.37. The van der Waals surface area contributed by atoms with Crippen molar-refractivity contribution in [1.82, 2.24) is 4.31 Å². The van der Waals surface area contributed by atoms with E-state index < -0.39 is 21.5 Å². The quantitative estimate of drug-likeness (QED) is 0.797. The van der Waals surface area contributed by atoms with Gasteiger partial charge in [0.2, 0.25) is 10.0 Å². The molecular weight excluding hydrogens is 296 g/mol. The van der Waals surface area contributed by atoms with E-state index in [-0.39, 0.29) is 35.9 Å². The Balaban J connectivity index is 2.57. The average molecular weight is 314 g/mol. The zero-order valence-corrected chi connectivity index (χ0v) is 12.7. The van der Waals surface area contributed by atoms with Crippen LogP contribution in [0.4, 0.5) is 5.69 Å². The molecule has 116 valence electrons. The first kappa shape index (κ1) is 15.7. The van der Waals surface area contributed by atoms with Crippen LogP contribution in [0.25, 0.3) is 0 Å². The number of anilines is 1. The van der Waals surface area contributed by atoms with Crippen LogP contribution in [0.3, 0.4) is 0 Å². The van der Waals surface area contributed by atoms with Crippen molar-refractivity contribution in [1.29, 1.82) is 0 Å². The first-order valence-electron chi connectivity index (χ1n) is 6.40. The number of nitrogens with two attached hydrogens (primary N) is 1. The number of carboxylic acids is 1. The number of aromatic carboxylic acids is 1. The molecule has 2 rings (SSSR count). The lowest BCUT2D eigenvalue weighted by atomic mass is 10.1. The minimum atomic E-state index is -3.95. The number of morpholine rings is 1. The van der Waals surface area contributed by atoms with Crippen molar-refractivity contribution in [2.75, 3.05) is 25.5 Å². The molecule has 1 aliphatic rings. The molecule has 1 fully saturated rings. The SMILES string of the molecule is CC1(C)COCCN1S(=O)(=O)c1ccc(N)cc1C(=O)O. The van der Waals surface area contributed by atoms with Gasteiger partial charge < -0.3 is 15.6 Å². The van der Waals surface area contributed by atoms with Crippen LogP contribution >= 0.6 is 0 Å². The Morgan fingerprint density at radius 1 is 1.43 bits per heavy atom. The van der Waals surface area contributed by atoms with Gasteiger partial charge in [-0.1, -0.05) is 0 Å². The first-order chi connectivity index (χ1) is 9.66. The maximum Gasteiger partial charge on any atom is 0.337 e. The second-order valence-electron chi connectivity index (χ2n) is 5.50. The largest absolute Gasteiger partial charge is 0.478 e. The molecule has 1 heterocycles. The van der Waals surface area contributed by atoms with Gasteiger partial charge in [0.25, 0.3) is 0 Å². The van der Waals surface area contributed by atoms with E-state index in [4.69, 9.17) is 10.5 Å². The third kappa shape index (κ3) is 2.87. The van der Waals surface area contributed by atoms with Crippen LogP contribution in [0, 0.1) is 0 Å². The molecule has 0 amide bonds. The van der Waals surface area contributed by atoms with Crippen LogP contribution in [-0.4, -0.2) is 49.1 Å². The number of carboxylic acid groups (broad SMARTS) is 1. The highest BCUT2D eigenvalue weighted by molar-refractivity contribution is 7.89. The van der Waals surface area contributed by atoms with Gasteiger partial charge in [0.05, 0.1) is 29.2 Å². The van der Waals surface area contributed by atoms with E-state index in [1.54, 1.807) is 13.8 Å². The lowest BCUT2D eigenvalue weighted by Gasteiger charge is -2.40. The van der Waals surface area contributed by atoms with Crippen molar-refractivity contribution in [3.63, 3.8) is 0 Å². The monoisotopic (exact) mass is 314 g/mol. The van der Waals surface area contributed by atoms with Gasteiger partial charge in [-0.15, -0.1) is 0 Å². The molecule has 1 saturated heterocycles. The fraction of sp³-hybridized carbons (Fsp3) is 0.462. The predicted octanol–water partition coefficient (Wildman–Crippen LogP) is 0.766. The molecule has 0 unspecified atom stereocenters. The highest BCUT2D eigenvalue weighted by atomic mass is 32.2. The van der Waals surface area contributed by atoms with Gasteiger partial charge in [0.15, 0.2) is 0 Å². The number of rotatable bonds is 3. The molecule has 0 atom stereocenters. The van der Waals surface area contributed by atoms with Gasteiger partial charge in [-0.2, -0.15) is 4.31 Å². The summed E-state index contributed by atoms with van der Waals surface area (Å²) in [5.41, 5.74) is 4.69. The molecule has 7 nitrogen and oxygen atoms in total. The molecule has 0 radical (unpaired) electrons. The van der Waals surface area contributed by atoms with Gasteiger partial charge in [0, 0.05) is 12.2 Å². The van der Waals surface area contributed by atoms with Crippen LogP contribution in [0.15, 0.2) is 23.1 Å². The van der Waals surface area contributed by atoms with E-state index in [2.05, 4.69) is 0 Å². The van der Waals surface area contributed by atoms with E-state index in [9.17, 15) is 18.3 Å². The van der Waals surface area contributed by atoms with Crippen LogP contribution in [0.2, 0.25) is 0 Å². The molecule has 1 aromatic rings. The maximum atomic E-state index is 12.8. The fourth-order valence-corrected chi connectivity index (χ4v) is 4.27. The van der Waals surface area contributed by atoms with Gasteiger partial charge in [0.1, 0.15) is 0 Å². The minimum absolute atomic E-state index is 0.179. The molecule has 1 aromatic carbocycles. The van der Waals surface area contributed by atoms with E-state index in [1.807, 2.05) is 0 Å². The van der Waals surface area contributed by atoms with Crippen LogP contribution in [-0.2, 0) is 14.8 Å². The van der Waals surface area contributed by atoms with Crippen LogP contribution in [0.5, 0.6) is 0 Å². The Morgan fingerprint density at radius 3 is 2.67 bits per heavy atom. The summed E-state index contributed by atoms with van der Waals surface area (Å²) in [6.07, 6.45) is 0. The third-order valence-corrected chi connectivity index (χ3v) is 5.54. The molecule has 8 heteroatoms. The highest BCUT2D eigenvalue weighted by Crippen LogP contribution is 2.30. The molecule has 0 aromatic heterocycles. The van der Waals surface area contributed by atoms with Gasteiger partial charge in [-0.25, -0.2) is 13.2 Å². The summed E-state index contributed by atoms with van der Waals surface area (Å²) in [4.78, 5) is 11.1. The molecule has 0 aliphatic carbocycles. The summed E-state index contributed by atoms with van der Waals surface area (Å²) in [6.45, 7) is 4.19. The normalized spacial score (nSPS) is 19.3. The zero-order chi connectivity index (χ0) is 15.8. The van der Waals surface area contributed by atoms with Gasteiger partial charge in [-0.3, -0.25) is 0 Å². The number of nitrogen functional groups attached to an aromatic ring is 1. The van der Waals surface area contributed by atoms with E-state index in [0.29, 0.717) is 0 Å². The Hall–Kier alpha value is -1.64. The summed E-state index contributed by atoms with van der Waals surface area (Å²) >= 11 is 0. The molecular formula is C13H18N2O5S. The Kier molecular flexibility index (Phi) is 3.96. The third-order valence-electron chi connectivity index (χ3n) is 3.37. The fourth-order valence-electron chi connectivity index (χ4n) is 2.35. The Bertz CT molecular complexity index is 669. The number of nitrogens with zero attached hydrogens (tertiary/aromatic N) is 1. The molecule has 0 saturated carbocycles. The van der Waals surface area contributed by atoms with Gasteiger partial charge >= 0.3 is 5.97 Å². The molecule has 3 N–H and O–H groups in total. The second-order valence-corrected chi connectivity index (χ2v) is 7.33. The van der Waals surface area contributed by atoms with Crippen LogP contribution < -0.4 is 5.73 Å². The number of hydrogen-bond acceptors (Lipinski definition) is 5. The number of benzene rings is 1. The van der Waals surface area contributed by atoms with Crippen molar-refractivity contribution in [2.24, 2.45) is 0 Å². The lowest BCUT2D eigenvalue weighted by molar-refractivity contribution is -0.00774. The smallest absolute Gasteiger partial charge is 0.337 e. The van der Waals surface area contributed by atoms with Crippen molar-refractivity contribution >= 4 is 21.7 Å². The van der Waals surface area contributed by atoms with Crippen molar-refractivity contribution < 1.29 is 23.1 Å². The number of ether oxygens (including phenoxy) is 1. The summed E-state index contributed by atoms with van der Waals surface area (Å²) in [5, 5.41) is 9.22. The Labute approximate surface area is 123 Å². The van der Waals surface area contributed by atoms with Crippen molar-refractivity contribution in [3.05, 3.63) is 23.8 Å². The Morgan fingerprint density at radius 2 is 2.10 bits per heavy atom. The summed E-state index contributed by atoms with van der Waals surface area (Å²) < 4.78 is 32.2. The molecule has 0 spiro atoms. The number of hydrogen-bond donors (Lipinski definition) is 2. The van der Waals surface area contributed by atoms with Crippen LogP contribution in [0.1, 0.15) is 24.2 Å². The first-order valence-corrected chi connectivity index (χ1v) is 7.84. The maximum absolute atomic E-state index is 12.8. The van der Waals surface area contributed by atoms with Crippen molar-refractivity contribution in [2.45, 2.75) is 24.3 Å². The van der Waals surface area contributed by atoms with Crippen molar-refractivity contribution in [3.8, 4) is 0 Å². The zero-order valence-electron chi connectivity index (χ0n) is 11.9. The minimum Gasteiger partial charge on any atom is -0.478 e. The standard InChI is InChI=1S/C13H18N2O5S/c1-13(2)8-20-6-5-15(13)21(18,19)11-4-3-9(14)7-10(11)12(16)17/h3-4,7H,5-6,8,14H2,1-2H3,(H,16,17). The topological polar surface area (TPSA) is 110 Å². The van der Waals surface area contributed by atoms with Gasteiger partial charge in [-0.05, 0) is 32.0 Å². The molecule has 1 aliphatic heterocycles. The number of carbonyl (C=O) groups is 1. The predicted molar refractivity (Wildman–Crippen MR) is 76.6 cm³/mol. The second kappa shape index (κ2) is 5.28. The van der Waals surface area contributed by atoms with E-state index in [0.717, 1.165) is 6.07 Å². The highest BCUT2D eigenvalue weighted by Gasteiger charge is 2.41. The molecule has 0 bridgehead atoms. The van der Waals surface area contributed by atoms with E-state index >= 15 is 0 Å². The number of sulfonamides is 1. The van der Waals surface area contributed by atoms with E-state index in [1.165, 1.54) is 16.4 Å².